The second-order valence-electron chi connectivity index (χ2n) is 5.52. The number of nitro groups is 1. The monoisotopic (exact) mass is 332 g/mol. The van der Waals surface area contributed by atoms with Gasteiger partial charge in [0.05, 0.1) is 4.92 Å². The van der Waals surface area contributed by atoms with Gasteiger partial charge in [0.1, 0.15) is 0 Å². The number of nitrogens with zero attached hydrogens (tertiary/aromatic N) is 1. The smallest absolute Gasteiger partial charge is 0.269 e. The first kappa shape index (κ1) is 18.1. The predicted octanol–water partition coefficient (Wildman–Crippen LogP) is 4.60. The molecule has 4 nitrogen and oxygen atoms in total. The maximum absolute atomic E-state index is 10.6. The van der Waals surface area contributed by atoms with Crippen LogP contribution in [-0.2, 0) is 0 Å². The largest absolute Gasteiger partial charge is 0.385 e. The zero-order valence-corrected chi connectivity index (χ0v) is 14.2. The van der Waals surface area contributed by atoms with E-state index in [-0.39, 0.29) is 5.69 Å². The fourth-order valence-electron chi connectivity index (χ4n) is 2.15. The van der Waals surface area contributed by atoms with E-state index >= 15 is 0 Å². The molecular formula is C21H20N2O2. The van der Waals surface area contributed by atoms with Crippen molar-refractivity contribution in [2.75, 3.05) is 11.9 Å². The van der Waals surface area contributed by atoms with E-state index in [0.717, 1.165) is 17.8 Å². The Bertz CT molecular complexity index is 817. The molecule has 0 spiro atoms. The van der Waals surface area contributed by atoms with Crippen LogP contribution in [-0.4, -0.2) is 11.5 Å². The molecule has 0 aliphatic heterocycles. The average molecular weight is 332 g/mol. The van der Waals surface area contributed by atoms with Gasteiger partial charge in [-0.15, -0.1) is 0 Å². The summed E-state index contributed by atoms with van der Waals surface area (Å²) in [6, 6.07) is 14.1. The van der Waals surface area contributed by atoms with Gasteiger partial charge in [0.25, 0.3) is 5.69 Å². The SMILES string of the molecule is CCCCCNc1ccc(C#CC#Cc2ccc([N+](=O)[O-])cc2)cc1. The van der Waals surface area contributed by atoms with Gasteiger partial charge in [0, 0.05) is 35.5 Å². The minimum atomic E-state index is -0.431. The molecule has 0 unspecified atom stereocenters. The topological polar surface area (TPSA) is 55.2 Å². The number of nitro benzene ring substituents is 1. The van der Waals surface area contributed by atoms with Gasteiger partial charge in [-0.3, -0.25) is 10.1 Å². The van der Waals surface area contributed by atoms with Crippen LogP contribution in [0.5, 0.6) is 0 Å². The zero-order valence-electron chi connectivity index (χ0n) is 14.2. The van der Waals surface area contributed by atoms with Crippen molar-refractivity contribution in [2.45, 2.75) is 26.2 Å². The fraction of sp³-hybridized carbons (Fsp3) is 0.238. The van der Waals surface area contributed by atoms with Gasteiger partial charge in [0.2, 0.25) is 0 Å². The van der Waals surface area contributed by atoms with Crippen LogP contribution in [0.2, 0.25) is 0 Å². The summed E-state index contributed by atoms with van der Waals surface area (Å²) >= 11 is 0. The van der Waals surface area contributed by atoms with Crippen molar-refractivity contribution >= 4 is 11.4 Å². The molecule has 25 heavy (non-hydrogen) atoms. The number of hydrogen-bond acceptors (Lipinski definition) is 3. The van der Waals surface area contributed by atoms with Crippen molar-refractivity contribution in [3.63, 3.8) is 0 Å². The molecule has 0 fully saturated rings. The summed E-state index contributed by atoms with van der Waals surface area (Å²) in [4.78, 5) is 10.2. The first-order chi connectivity index (χ1) is 12.2. The predicted molar refractivity (Wildman–Crippen MR) is 101 cm³/mol. The number of nitrogens with one attached hydrogen (secondary N) is 1. The Morgan fingerprint density at radius 1 is 0.920 bits per heavy atom. The van der Waals surface area contributed by atoms with Gasteiger partial charge < -0.3 is 5.32 Å². The number of benzene rings is 2. The van der Waals surface area contributed by atoms with Crippen LogP contribution >= 0.6 is 0 Å². The number of hydrogen-bond donors (Lipinski definition) is 1. The summed E-state index contributed by atoms with van der Waals surface area (Å²) in [5, 5.41) is 14.0. The minimum Gasteiger partial charge on any atom is -0.385 e. The van der Waals surface area contributed by atoms with E-state index in [1.807, 2.05) is 24.3 Å². The minimum absolute atomic E-state index is 0.0556. The highest BCUT2D eigenvalue weighted by Gasteiger charge is 2.01. The molecule has 4 heteroatoms. The number of non-ortho nitro benzene ring substituents is 1. The first-order valence-electron chi connectivity index (χ1n) is 8.29. The van der Waals surface area contributed by atoms with Crippen LogP contribution in [0.4, 0.5) is 11.4 Å². The molecule has 0 heterocycles. The van der Waals surface area contributed by atoms with Crippen LogP contribution in [0, 0.1) is 33.8 Å². The number of rotatable bonds is 6. The molecule has 0 saturated carbocycles. The molecule has 2 aromatic rings. The summed E-state index contributed by atoms with van der Waals surface area (Å²) in [6.45, 7) is 3.18. The molecular weight excluding hydrogens is 312 g/mol. The molecule has 0 radical (unpaired) electrons. The Balaban J connectivity index is 1.90. The molecule has 0 aliphatic rings. The van der Waals surface area contributed by atoms with Crippen LogP contribution in [0.1, 0.15) is 37.3 Å². The normalized spacial score (nSPS) is 9.32. The lowest BCUT2D eigenvalue weighted by molar-refractivity contribution is -0.384. The van der Waals surface area contributed by atoms with Crippen molar-refractivity contribution in [2.24, 2.45) is 0 Å². The van der Waals surface area contributed by atoms with Crippen LogP contribution < -0.4 is 5.32 Å². The van der Waals surface area contributed by atoms with Crippen LogP contribution in [0.15, 0.2) is 48.5 Å². The third kappa shape index (κ3) is 6.41. The fourth-order valence-corrected chi connectivity index (χ4v) is 2.15. The highest BCUT2D eigenvalue weighted by Crippen LogP contribution is 2.11. The maximum Gasteiger partial charge on any atom is 0.269 e. The summed E-state index contributed by atoms with van der Waals surface area (Å²) < 4.78 is 0. The Hall–Kier alpha value is -3.24. The van der Waals surface area contributed by atoms with Gasteiger partial charge in [-0.05, 0) is 54.7 Å². The third-order valence-corrected chi connectivity index (χ3v) is 3.55. The zero-order chi connectivity index (χ0) is 17.9. The van der Waals surface area contributed by atoms with Gasteiger partial charge >= 0.3 is 0 Å². The molecule has 0 aliphatic carbocycles. The second-order valence-corrected chi connectivity index (χ2v) is 5.52. The van der Waals surface area contributed by atoms with Crippen molar-refractivity contribution in [1.29, 1.82) is 0 Å². The highest BCUT2D eigenvalue weighted by atomic mass is 16.6. The summed E-state index contributed by atoms with van der Waals surface area (Å²) in [6.07, 6.45) is 3.64. The molecule has 126 valence electrons. The average Bonchev–Trinajstić information content (AvgIpc) is 2.64. The Kier molecular flexibility index (Phi) is 7.10. The van der Waals surface area contributed by atoms with Crippen molar-refractivity contribution < 1.29 is 4.92 Å². The number of unbranched alkanes of at least 4 members (excludes halogenated alkanes) is 2. The Labute approximate surface area is 148 Å². The van der Waals surface area contributed by atoms with Crippen molar-refractivity contribution in [3.05, 3.63) is 69.8 Å². The van der Waals surface area contributed by atoms with Gasteiger partial charge in [-0.1, -0.05) is 31.6 Å². The molecule has 2 aromatic carbocycles. The van der Waals surface area contributed by atoms with Crippen LogP contribution in [0.25, 0.3) is 0 Å². The van der Waals surface area contributed by atoms with Crippen LogP contribution in [0.3, 0.4) is 0 Å². The molecule has 0 atom stereocenters. The van der Waals surface area contributed by atoms with E-state index in [1.165, 1.54) is 31.4 Å². The van der Waals surface area contributed by atoms with E-state index in [4.69, 9.17) is 0 Å². The van der Waals surface area contributed by atoms with Gasteiger partial charge in [0.15, 0.2) is 0 Å². The maximum atomic E-state index is 10.6. The first-order valence-corrected chi connectivity index (χ1v) is 8.29. The Morgan fingerprint density at radius 2 is 1.48 bits per heavy atom. The van der Waals surface area contributed by atoms with Crippen molar-refractivity contribution in [1.82, 2.24) is 0 Å². The molecule has 0 saturated heterocycles. The quantitative estimate of drug-likeness (QED) is 0.364. The molecule has 0 bridgehead atoms. The second kappa shape index (κ2) is 9.80. The molecule has 1 N–H and O–H groups in total. The highest BCUT2D eigenvalue weighted by molar-refractivity contribution is 5.50. The molecule has 2 rings (SSSR count). The standard InChI is InChI=1S/C21H20N2O2/c1-2-3-6-17-22-20-13-9-18(10-14-20)7-4-5-8-19-11-15-21(16-12-19)23(24)25/h9-16,22H,2-3,6,17H2,1H3. The van der Waals surface area contributed by atoms with E-state index in [0.29, 0.717) is 5.56 Å². The third-order valence-electron chi connectivity index (χ3n) is 3.55. The van der Waals surface area contributed by atoms with Gasteiger partial charge in [-0.2, -0.15) is 0 Å². The van der Waals surface area contributed by atoms with E-state index in [9.17, 15) is 10.1 Å². The lowest BCUT2D eigenvalue weighted by atomic mass is 10.2. The molecule has 0 aromatic heterocycles. The van der Waals surface area contributed by atoms with E-state index < -0.39 is 4.92 Å². The molecule has 0 amide bonds. The summed E-state index contributed by atoms with van der Waals surface area (Å²) in [7, 11) is 0. The summed E-state index contributed by atoms with van der Waals surface area (Å²) in [5.41, 5.74) is 2.75. The lowest BCUT2D eigenvalue weighted by Crippen LogP contribution is -2.00. The lowest BCUT2D eigenvalue weighted by Gasteiger charge is -2.05. The van der Waals surface area contributed by atoms with E-state index in [2.05, 4.69) is 35.9 Å². The van der Waals surface area contributed by atoms with Gasteiger partial charge in [-0.25, -0.2) is 0 Å². The Morgan fingerprint density at radius 3 is 2.00 bits per heavy atom. The van der Waals surface area contributed by atoms with Crippen molar-refractivity contribution in [3.8, 4) is 23.7 Å². The number of anilines is 1. The summed E-state index contributed by atoms with van der Waals surface area (Å²) in [5.74, 6) is 11.4. The van der Waals surface area contributed by atoms with E-state index in [1.54, 1.807) is 12.1 Å².